The monoisotopic (exact) mass is 488 g/mol. The molecule has 1 saturated heterocycles. The van der Waals surface area contributed by atoms with Crippen LogP contribution in [0.25, 0.3) is 11.4 Å². The van der Waals surface area contributed by atoms with E-state index in [1.807, 2.05) is 49.4 Å². The standard InChI is InChI=1S/C28H32N4O4/c1-5-30(6-2)15-16-31-25(20-11-10-14-22(17-20)36-4)24(27(34)28(31)35)26(33)23-18-29-32(19(23)3)21-12-8-7-9-13-21/h7-14,17-18,25,33H,5-6,15-16H2,1-4H3/b26-24+. The van der Waals surface area contributed by atoms with Gasteiger partial charge < -0.3 is 19.6 Å². The topological polar surface area (TPSA) is 87.9 Å². The molecular weight excluding hydrogens is 456 g/mol. The Hall–Kier alpha value is -3.91. The van der Waals surface area contributed by atoms with Gasteiger partial charge in [-0.15, -0.1) is 0 Å². The molecule has 1 fully saturated rings. The highest BCUT2D eigenvalue weighted by atomic mass is 16.5. The maximum absolute atomic E-state index is 13.4. The van der Waals surface area contributed by atoms with Gasteiger partial charge in [0.15, 0.2) is 0 Å². The van der Waals surface area contributed by atoms with E-state index in [2.05, 4.69) is 23.8 Å². The SMILES string of the molecule is CCN(CC)CCN1C(=O)C(=O)/C(=C(/O)c2cnn(-c3ccccc3)c2C)C1c1cccc(OC)c1. The number of hydrogen-bond acceptors (Lipinski definition) is 6. The molecule has 1 aliphatic rings. The van der Waals surface area contributed by atoms with Crippen molar-refractivity contribution in [3.8, 4) is 11.4 Å². The Morgan fingerprint density at radius 2 is 1.81 bits per heavy atom. The van der Waals surface area contributed by atoms with Gasteiger partial charge in [-0.2, -0.15) is 5.10 Å². The zero-order valence-electron chi connectivity index (χ0n) is 21.1. The quantitative estimate of drug-likeness (QED) is 0.279. The molecule has 0 aliphatic carbocycles. The number of aliphatic hydroxyl groups excluding tert-OH is 1. The lowest BCUT2D eigenvalue weighted by Gasteiger charge is -2.28. The highest BCUT2D eigenvalue weighted by molar-refractivity contribution is 6.46. The van der Waals surface area contributed by atoms with Crippen molar-refractivity contribution >= 4 is 17.4 Å². The zero-order chi connectivity index (χ0) is 25.8. The number of rotatable bonds is 9. The van der Waals surface area contributed by atoms with Crippen LogP contribution in [0.3, 0.4) is 0 Å². The molecule has 0 radical (unpaired) electrons. The number of carbonyl (C=O) groups excluding carboxylic acids is 2. The van der Waals surface area contributed by atoms with Gasteiger partial charge in [-0.25, -0.2) is 4.68 Å². The summed E-state index contributed by atoms with van der Waals surface area (Å²) in [5, 5.41) is 15.9. The largest absolute Gasteiger partial charge is 0.507 e. The minimum absolute atomic E-state index is 0.0588. The van der Waals surface area contributed by atoms with Gasteiger partial charge in [0.1, 0.15) is 11.5 Å². The maximum atomic E-state index is 13.4. The van der Waals surface area contributed by atoms with Gasteiger partial charge in [0, 0.05) is 13.1 Å². The molecule has 1 amide bonds. The molecule has 0 spiro atoms. The van der Waals surface area contributed by atoms with Crippen molar-refractivity contribution in [2.24, 2.45) is 0 Å². The first kappa shape index (κ1) is 25.2. The minimum atomic E-state index is -0.741. The summed E-state index contributed by atoms with van der Waals surface area (Å²) in [6.45, 7) is 8.59. The second-order valence-corrected chi connectivity index (χ2v) is 8.69. The lowest BCUT2D eigenvalue weighted by molar-refractivity contribution is -0.140. The molecule has 0 bridgehead atoms. The molecule has 1 aliphatic heterocycles. The van der Waals surface area contributed by atoms with Crippen molar-refractivity contribution in [3.05, 3.63) is 83.2 Å². The number of ether oxygens (including phenoxy) is 1. The lowest BCUT2D eigenvalue weighted by Crippen LogP contribution is -2.38. The number of hydrogen-bond donors (Lipinski definition) is 1. The van der Waals surface area contributed by atoms with Crippen LogP contribution < -0.4 is 4.74 Å². The fraction of sp³-hybridized carbons (Fsp3) is 0.321. The maximum Gasteiger partial charge on any atom is 0.295 e. The molecule has 4 rings (SSSR count). The van der Waals surface area contributed by atoms with Gasteiger partial charge >= 0.3 is 0 Å². The summed E-state index contributed by atoms with van der Waals surface area (Å²) < 4.78 is 7.10. The van der Waals surface area contributed by atoms with Crippen molar-refractivity contribution in [1.29, 1.82) is 0 Å². The fourth-order valence-electron chi connectivity index (χ4n) is 4.67. The van der Waals surface area contributed by atoms with E-state index in [1.165, 1.54) is 6.20 Å². The molecule has 1 unspecified atom stereocenters. The smallest absolute Gasteiger partial charge is 0.295 e. The first-order chi connectivity index (χ1) is 17.4. The zero-order valence-corrected chi connectivity index (χ0v) is 21.1. The number of likely N-dealkylation sites (N-methyl/N-ethyl adjacent to an activating group) is 1. The van der Waals surface area contributed by atoms with Crippen molar-refractivity contribution in [3.63, 3.8) is 0 Å². The van der Waals surface area contributed by atoms with Crippen LogP contribution in [0, 0.1) is 6.92 Å². The number of nitrogens with zero attached hydrogens (tertiary/aromatic N) is 4. The third kappa shape index (κ3) is 4.64. The number of carbonyl (C=O) groups is 2. The molecule has 1 N–H and O–H groups in total. The number of benzene rings is 2. The molecule has 36 heavy (non-hydrogen) atoms. The first-order valence-electron chi connectivity index (χ1n) is 12.2. The third-order valence-corrected chi connectivity index (χ3v) is 6.77. The molecule has 8 heteroatoms. The average molecular weight is 489 g/mol. The number of likely N-dealkylation sites (tertiary alicyclic amines) is 1. The van der Waals surface area contributed by atoms with E-state index in [0.29, 0.717) is 35.7 Å². The molecule has 3 aromatic rings. The Morgan fingerprint density at radius 1 is 1.08 bits per heavy atom. The number of amides is 1. The van der Waals surface area contributed by atoms with E-state index >= 15 is 0 Å². The van der Waals surface area contributed by atoms with Crippen molar-refractivity contribution < 1.29 is 19.4 Å². The molecular formula is C28H32N4O4. The fourth-order valence-corrected chi connectivity index (χ4v) is 4.67. The number of aromatic nitrogens is 2. The number of Topliss-reactive ketones (excluding diaryl/α,β-unsaturated/α-hetero) is 1. The molecule has 1 atom stereocenters. The van der Waals surface area contributed by atoms with Crippen LogP contribution in [-0.2, 0) is 9.59 Å². The summed E-state index contributed by atoms with van der Waals surface area (Å²) in [4.78, 5) is 30.4. The summed E-state index contributed by atoms with van der Waals surface area (Å²) in [5.74, 6) is -0.947. The predicted molar refractivity (Wildman–Crippen MR) is 138 cm³/mol. The summed E-state index contributed by atoms with van der Waals surface area (Å²) in [6.07, 6.45) is 1.53. The number of aliphatic hydroxyl groups is 1. The van der Waals surface area contributed by atoms with Crippen LogP contribution in [0.1, 0.15) is 36.7 Å². The van der Waals surface area contributed by atoms with Crippen LogP contribution in [0.5, 0.6) is 5.75 Å². The molecule has 1 aromatic heterocycles. The van der Waals surface area contributed by atoms with E-state index < -0.39 is 17.7 Å². The second-order valence-electron chi connectivity index (χ2n) is 8.69. The molecule has 8 nitrogen and oxygen atoms in total. The van der Waals surface area contributed by atoms with Crippen molar-refractivity contribution in [2.45, 2.75) is 26.8 Å². The van der Waals surface area contributed by atoms with Gasteiger partial charge in [-0.3, -0.25) is 9.59 Å². The Balaban J connectivity index is 1.83. The van der Waals surface area contributed by atoms with Gasteiger partial charge in [0.05, 0.1) is 41.9 Å². The predicted octanol–water partition coefficient (Wildman–Crippen LogP) is 3.95. The Labute approximate surface area is 211 Å². The first-order valence-corrected chi connectivity index (χ1v) is 12.2. The average Bonchev–Trinajstić information content (AvgIpc) is 3.42. The summed E-state index contributed by atoms with van der Waals surface area (Å²) in [6, 6.07) is 16.1. The summed E-state index contributed by atoms with van der Waals surface area (Å²) in [7, 11) is 1.57. The van der Waals surface area contributed by atoms with Crippen molar-refractivity contribution in [2.75, 3.05) is 33.3 Å². The minimum Gasteiger partial charge on any atom is -0.507 e. The number of methoxy groups -OCH3 is 1. The van der Waals surface area contributed by atoms with Gasteiger partial charge in [0.2, 0.25) is 0 Å². The van der Waals surface area contributed by atoms with E-state index in [0.717, 1.165) is 18.8 Å². The van der Waals surface area contributed by atoms with Crippen LogP contribution in [0.4, 0.5) is 0 Å². The van der Waals surface area contributed by atoms with Gasteiger partial charge in [0.25, 0.3) is 11.7 Å². The lowest BCUT2D eigenvalue weighted by atomic mass is 9.95. The van der Waals surface area contributed by atoms with Gasteiger partial charge in [-0.05, 0) is 49.8 Å². The molecule has 2 heterocycles. The van der Waals surface area contributed by atoms with E-state index in [-0.39, 0.29) is 11.3 Å². The van der Waals surface area contributed by atoms with Gasteiger partial charge in [-0.1, -0.05) is 44.2 Å². The van der Waals surface area contributed by atoms with Crippen LogP contribution >= 0.6 is 0 Å². The van der Waals surface area contributed by atoms with E-state index in [4.69, 9.17) is 4.74 Å². The summed E-state index contributed by atoms with van der Waals surface area (Å²) in [5.41, 5.74) is 2.66. The highest BCUT2D eigenvalue weighted by Crippen LogP contribution is 2.40. The third-order valence-electron chi connectivity index (χ3n) is 6.77. The van der Waals surface area contributed by atoms with Crippen LogP contribution in [0.2, 0.25) is 0 Å². The second kappa shape index (κ2) is 10.8. The molecule has 2 aromatic carbocycles. The highest BCUT2D eigenvalue weighted by Gasteiger charge is 2.46. The summed E-state index contributed by atoms with van der Waals surface area (Å²) >= 11 is 0. The normalized spacial score (nSPS) is 17.2. The van der Waals surface area contributed by atoms with Crippen LogP contribution in [-0.4, -0.2) is 69.7 Å². The Kier molecular flexibility index (Phi) is 7.55. The Bertz CT molecular complexity index is 1280. The van der Waals surface area contributed by atoms with E-state index in [9.17, 15) is 14.7 Å². The van der Waals surface area contributed by atoms with E-state index in [1.54, 1.807) is 28.8 Å². The van der Waals surface area contributed by atoms with Crippen molar-refractivity contribution in [1.82, 2.24) is 19.6 Å². The number of ketones is 1. The Morgan fingerprint density at radius 3 is 2.47 bits per heavy atom. The number of para-hydroxylation sites is 1. The van der Waals surface area contributed by atoms with Crippen LogP contribution in [0.15, 0.2) is 66.4 Å². The molecule has 0 saturated carbocycles. The molecule has 188 valence electrons.